The molecular formula is C37H42O4Si2. The quantitative estimate of drug-likeness (QED) is 0.121. The molecule has 4 aromatic rings. The van der Waals surface area contributed by atoms with Crippen LogP contribution in [0, 0.1) is 0 Å². The highest BCUT2D eigenvalue weighted by atomic mass is 28.4. The minimum Gasteiger partial charge on any atom is -0.510 e. The number of hydrogen-bond donors (Lipinski definition) is 0. The Morgan fingerprint density at radius 1 is 0.558 bits per heavy atom. The maximum atomic E-state index is 13.8. The first-order chi connectivity index (χ1) is 20.9. The van der Waals surface area contributed by atoms with Crippen molar-refractivity contribution in [3.63, 3.8) is 0 Å². The molecule has 4 nitrogen and oxygen atoms in total. The van der Waals surface area contributed by atoms with Crippen LogP contribution in [0.5, 0.6) is 0 Å². The van der Waals surface area contributed by atoms with E-state index in [1.807, 2.05) is 97.1 Å². The molecule has 0 aliphatic rings. The van der Waals surface area contributed by atoms with Crippen LogP contribution in [0.25, 0.3) is 0 Å². The molecule has 4 aromatic carbocycles. The summed E-state index contributed by atoms with van der Waals surface area (Å²) in [5, 5.41) is 4.13. The minimum absolute atomic E-state index is 0.116. The van der Waals surface area contributed by atoms with Gasteiger partial charge in [-0.25, -0.2) is 4.79 Å². The Morgan fingerprint density at radius 3 is 1.21 bits per heavy atom. The van der Waals surface area contributed by atoms with Crippen LogP contribution < -0.4 is 20.7 Å². The van der Waals surface area contributed by atoms with Gasteiger partial charge in [-0.2, -0.15) is 0 Å². The molecule has 0 fully saturated rings. The average molecular weight is 607 g/mol. The van der Waals surface area contributed by atoms with Crippen LogP contribution in [0.15, 0.2) is 133 Å². The molecule has 0 bridgehead atoms. The van der Waals surface area contributed by atoms with Crippen molar-refractivity contribution in [2.75, 3.05) is 0 Å². The van der Waals surface area contributed by atoms with Gasteiger partial charge in [-0.1, -0.05) is 167 Å². The Kier molecular flexibility index (Phi) is 11.5. The number of benzene rings is 4. The van der Waals surface area contributed by atoms with Crippen molar-refractivity contribution in [2.45, 2.75) is 58.0 Å². The lowest BCUT2D eigenvalue weighted by Gasteiger charge is -2.33. The molecule has 0 heterocycles. The topological polar surface area (TPSA) is 52.6 Å². The molecule has 0 saturated heterocycles. The fourth-order valence-corrected chi connectivity index (χ4v) is 13.7. The second-order valence-electron chi connectivity index (χ2n) is 11.0. The van der Waals surface area contributed by atoms with Gasteiger partial charge in [-0.15, -0.1) is 0 Å². The Balaban J connectivity index is 1.62. The van der Waals surface area contributed by atoms with E-state index < -0.39 is 28.6 Å². The molecule has 0 unspecified atom stereocenters. The lowest BCUT2D eigenvalue weighted by Crippen LogP contribution is -2.62. The maximum Gasteiger partial charge on any atom is 0.321 e. The van der Waals surface area contributed by atoms with Gasteiger partial charge in [0.15, 0.2) is 0 Å². The molecule has 0 aromatic heterocycles. The monoisotopic (exact) mass is 606 g/mol. The van der Waals surface area contributed by atoms with Crippen LogP contribution in [0.4, 0.5) is 0 Å². The van der Waals surface area contributed by atoms with Gasteiger partial charge in [0.05, 0.1) is 6.42 Å². The molecule has 0 saturated carbocycles. The van der Waals surface area contributed by atoms with Crippen LogP contribution in [0.2, 0.25) is 12.1 Å². The fraction of sp³-hybridized carbons (Fsp3) is 0.243. The van der Waals surface area contributed by atoms with Crippen molar-refractivity contribution in [1.29, 1.82) is 0 Å². The highest BCUT2D eigenvalue weighted by Gasteiger charge is 2.44. The summed E-state index contributed by atoms with van der Waals surface area (Å²) >= 11 is 0. The summed E-state index contributed by atoms with van der Waals surface area (Å²) in [7, 11) is -5.91. The predicted molar refractivity (Wildman–Crippen MR) is 181 cm³/mol. The fourth-order valence-electron chi connectivity index (χ4n) is 5.64. The molecule has 0 aliphatic carbocycles. The van der Waals surface area contributed by atoms with Crippen molar-refractivity contribution in [3.8, 4) is 0 Å². The first-order valence-electron chi connectivity index (χ1n) is 15.3. The Hall–Kier alpha value is -4.01. The van der Waals surface area contributed by atoms with Crippen molar-refractivity contribution < 1.29 is 18.4 Å². The second-order valence-corrected chi connectivity index (χ2v) is 18.0. The van der Waals surface area contributed by atoms with Gasteiger partial charge < -0.3 is 8.85 Å². The first kappa shape index (κ1) is 31.9. The van der Waals surface area contributed by atoms with Crippen LogP contribution in [-0.2, 0) is 18.4 Å². The normalized spacial score (nSPS) is 11.5. The van der Waals surface area contributed by atoms with Crippen LogP contribution in [0.3, 0.4) is 0 Å². The molecule has 222 valence electrons. The van der Waals surface area contributed by atoms with Gasteiger partial charge in [0.25, 0.3) is 5.97 Å². The Bertz CT molecular complexity index is 1380. The SMILES string of the molecule is C=C(CC(=O)O[Si](CCCC)(c1ccccc1)c1ccccc1)C(=O)O[Si](CCCC)(c1ccccc1)c1ccccc1. The minimum atomic E-state index is -2.97. The van der Waals surface area contributed by atoms with Crippen molar-refractivity contribution in [3.05, 3.63) is 133 Å². The molecule has 0 amide bonds. The van der Waals surface area contributed by atoms with Crippen molar-refractivity contribution in [2.24, 2.45) is 0 Å². The molecule has 0 spiro atoms. The Labute approximate surface area is 258 Å². The first-order valence-corrected chi connectivity index (χ1v) is 19.5. The third kappa shape index (κ3) is 7.69. The number of carbonyl (C=O) groups is 2. The number of hydrogen-bond acceptors (Lipinski definition) is 4. The lowest BCUT2D eigenvalue weighted by atomic mass is 10.2. The van der Waals surface area contributed by atoms with E-state index in [9.17, 15) is 9.59 Å². The Morgan fingerprint density at radius 2 is 0.884 bits per heavy atom. The van der Waals surface area contributed by atoms with E-state index in [0.29, 0.717) is 0 Å². The summed E-state index contributed by atoms with van der Waals surface area (Å²) in [6.07, 6.45) is 3.57. The van der Waals surface area contributed by atoms with Gasteiger partial charge in [0.1, 0.15) is 0 Å². The second kappa shape index (κ2) is 15.5. The number of rotatable bonds is 15. The molecule has 0 N–H and O–H groups in total. The third-order valence-electron chi connectivity index (χ3n) is 7.93. The molecule has 0 radical (unpaired) electrons. The molecular weight excluding hydrogens is 565 g/mol. The summed E-state index contributed by atoms with van der Waals surface area (Å²) < 4.78 is 13.1. The maximum absolute atomic E-state index is 13.8. The van der Waals surface area contributed by atoms with Gasteiger partial charge in [-0.3, -0.25) is 4.79 Å². The standard InChI is InChI=1S/C37H42O4Si2/c1-4-6-28-42(32-20-12-8-13-21-32,33-22-14-9-15-23-33)40-36(38)30-31(3)37(39)41-43(29-7-5-2,34-24-16-10-17-25-34)35-26-18-11-19-27-35/h8-27H,3-7,28-30H2,1-2H3. The van der Waals surface area contributed by atoms with Crippen LogP contribution in [-0.4, -0.2) is 28.6 Å². The van der Waals surface area contributed by atoms with Crippen LogP contribution >= 0.6 is 0 Å². The largest absolute Gasteiger partial charge is 0.510 e. The molecule has 4 rings (SSSR count). The van der Waals surface area contributed by atoms with E-state index in [4.69, 9.17) is 8.85 Å². The number of unbranched alkanes of at least 4 members (excludes halogenated alkanes) is 2. The van der Waals surface area contributed by atoms with E-state index in [0.717, 1.165) is 58.5 Å². The summed E-state index contributed by atoms with van der Waals surface area (Å²) in [5.74, 6) is -0.981. The van der Waals surface area contributed by atoms with Gasteiger partial charge in [0.2, 0.25) is 0 Å². The molecule has 43 heavy (non-hydrogen) atoms. The van der Waals surface area contributed by atoms with E-state index in [1.54, 1.807) is 0 Å². The molecule has 0 atom stereocenters. The molecule has 0 aliphatic heterocycles. The zero-order chi connectivity index (χ0) is 30.5. The van der Waals surface area contributed by atoms with Crippen molar-refractivity contribution >= 4 is 49.3 Å². The van der Waals surface area contributed by atoms with E-state index >= 15 is 0 Å². The number of carbonyl (C=O) groups excluding carboxylic acids is 2. The summed E-state index contributed by atoms with van der Waals surface area (Å²) in [5.41, 5.74) is 0.116. The summed E-state index contributed by atoms with van der Waals surface area (Å²) in [6.45, 7) is 8.33. The van der Waals surface area contributed by atoms with Gasteiger partial charge >= 0.3 is 22.6 Å². The van der Waals surface area contributed by atoms with Crippen molar-refractivity contribution in [1.82, 2.24) is 0 Å². The lowest BCUT2D eigenvalue weighted by molar-refractivity contribution is -0.137. The summed E-state index contributed by atoms with van der Waals surface area (Å²) in [6, 6.07) is 41.7. The van der Waals surface area contributed by atoms with Crippen LogP contribution in [0.1, 0.15) is 46.0 Å². The highest BCUT2D eigenvalue weighted by Crippen LogP contribution is 2.22. The van der Waals surface area contributed by atoms with E-state index in [-0.39, 0.29) is 12.0 Å². The summed E-state index contributed by atoms with van der Waals surface area (Å²) in [4.78, 5) is 27.5. The van der Waals surface area contributed by atoms with Gasteiger partial charge in [0, 0.05) is 5.57 Å². The highest BCUT2D eigenvalue weighted by molar-refractivity contribution is 6.99. The van der Waals surface area contributed by atoms with E-state index in [2.05, 4.69) is 44.7 Å². The predicted octanol–water partition coefficient (Wildman–Crippen LogP) is 6.14. The van der Waals surface area contributed by atoms with Gasteiger partial charge in [-0.05, 0) is 32.8 Å². The average Bonchev–Trinajstić information content (AvgIpc) is 3.06. The smallest absolute Gasteiger partial charge is 0.321 e. The zero-order valence-corrected chi connectivity index (χ0v) is 27.3. The zero-order valence-electron chi connectivity index (χ0n) is 25.3. The molecule has 6 heteroatoms. The van der Waals surface area contributed by atoms with E-state index in [1.165, 1.54) is 0 Å². The third-order valence-corrected chi connectivity index (χ3v) is 16.2.